The second-order valence-electron chi connectivity index (χ2n) is 3.07. The van der Waals surface area contributed by atoms with Gasteiger partial charge >= 0.3 is 5.97 Å². The van der Waals surface area contributed by atoms with Gasteiger partial charge in [0.2, 0.25) is 0 Å². The van der Waals surface area contributed by atoms with Crippen molar-refractivity contribution in [3.8, 4) is 12.3 Å². The Morgan fingerprint density at radius 1 is 1.64 bits per heavy atom. The van der Waals surface area contributed by atoms with Crippen molar-refractivity contribution < 1.29 is 9.90 Å². The fourth-order valence-corrected chi connectivity index (χ4v) is 0.983. The topological polar surface area (TPSA) is 37.3 Å². The zero-order valence-electron chi connectivity index (χ0n) is 7.00. The first-order valence-electron chi connectivity index (χ1n) is 3.74. The molecule has 0 rings (SSSR count). The lowest BCUT2D eigenvalue weighted by molar-refractivity contribution is -0.142. The van der Waals surface area contributed by atoms with E-state index in [1.807, 2.05) is 13.8 Å². The van der Waals surface area contributed by atoms with Crippen molar-refractivity contribution in [2.75, 3.05) is 0 Å². The zero-order valence-corrected chi connectivity index (χ0v) is 7.00. The first kappa shape index (κ1) is 10.0. The van der Waals surface area contributed by atoms with Gasteiger partial charge in [0.15, 0.2) is 0 Å². The molecule has 0 aromatic rings. The van der Waals surface area contributed by atoms with Gasteiger partial charge in [0.05, 0.1) is 5.92 Å². The Hall–Kier alpha value is -0.970. The minimum absolute atomic E-state index is 0.341. The molecule has 2 nitrogen and oxygen atoms in total. The number of terminal acetylenes is 1. The average molecular weight is 154 g/mol. The van der Waals surface area contributed by atoms with Gasteiger partial charge in [-0.25, -0.2) is 0 Å². The molecule has 0 amide bonds. The van der Waals surface area contributed by atoms with Crippen molar-refractivity contribution in [3.05, 3.63) is 0 Å². The predicted octanol–water partition coefficient (Wildman–Crippen LogP) is 1.76. The lowest BCUT2D eigenvalue weighted by Crippen LogP contribution is -2.15. The second kappa shape index (κ2) is 4.79. The van der Waals surface area contributed by atoms with E-state index in [1.165, 1.54) is 0 Å². The number of aliphatic carboxylic acids is 1. The van der Waals surface area contributed by atoms with Crippen LogP contribution in [0, 0.1) is 24.2 Å². The van der Waals surface area contributed by atoms with Crippen molar-refractivity contribution in [2.45, 2.75) is 26.7 Å². The highest BCUT2D eigenvalue weighted by Crippen LogP contribution is 2.14. The van der Waals surface area contributed by atoms with Gasteiger partial charge < -0.3 is 5.11 Å². The molecule has 0 radical (unpaired) electrons. The normalized spacial score (nSPS) is 12.5. The molecule has 11 heavy (non-hydrogen) atoms. The van der Waals surface area contributed by atoms with Crippen LogP contribution in [0.5, 0.6) is 0 Å². The molecule has 0 heterocycles. The lowest BCUT2D eigenvalue weighted by Gasteiger charge is -2.10. The molecule has 0 saturated carbocycles. The summed E-state index contributed by atoms with van der Waals surface area (Å²) in [6, 6.07) is 0. The Labute approximate surface area is 67.6 Å². The van der Waals surface area contributed by atoms with Gasteiger partial charge in [-0.05, 0) is 12.3 Å². The lowest BCUT2D eigenvalue weighted by atomic mass is 9.95. The summed E-state index contributed by atoms with van der Waals surface area (Å²) < 4.78 is 0. The summed E-state index contributed by atoms with van der Waals surface area (Å²) in [6.07, 6.45) is 6.04. The maximum absolute atomic E-state index is 10.5. The highest BCUT2D eigenvalue weighted by atomic mass is 16.4. The minimum atomic E-state index is -0.781. The first-order valence-corrected chi connectivity index (χ1v) is 3.74. The third kappa shape index (κ3) is 4.44. The molecule has 0 aromatic heterocycles. The Balaban J connectivity index is 3.92. The van der Waals surface area contributed by atoms with Gasteiger partial charge in [0.25, 0.3) is 0 Å². The van der Waals surface area contributed by atoms with E-state index in [2.05, 4.69) is 5.92 Å². The van der Waals surface area contributed by atoms with Crippen molar-refractivity contribution in [3.63, 3.8) is 0 Å². The molecule has 0 bridgehead atoms. The molecule has 0 fully saturated rings. The number of hydrogen-bond acceptors (Lipinski definition) is 1. The van der Waals surface area contributed by atoms with Crippen LogP contribution in [0.15, 0.2) is 0 Å². The van der Waals surface area contributed by atoms with E-state index < -0.39 is 5.97 Å². The van der Waals surface area contributed by atoms with Gasteiger partial charge in [-0.15, -0.1) is 12.3 Å². The maximum atomic E-state index is 10.5. The first-order chi connectivity index (χ1) is 5.07. The Bertz CT molecular complexity index is 165. The molecule has 0 saturated heterocycles. The average Bonchev–Trinajstić information content (AvgIpc) is 1.86. The molecule has 0 aliphatic carbocycles. The van der Waals surface area contributed by atoms with E-state index in [0.29, 0.717) is 18.8 Å². The van der Waals surface area contributed by atoms with Crippen LogP contribution in [0.3, 0.4) is 0 Å². The van der Waals surface area contributed by atoms with E-state index in [0.717, 1.165) is 0 Å². The number of carbonyl (C=O) groups is 1. The number of hydrogen-bond donors (Lipinski definition) is 1. The molecule has 0 spiro atoms. The summed E-state index contributed by atoms with van der Waals surface area (Å²) in [7, 11) is 0. The summed E-state index contributed by atoms with van der Waals surface area (Å²) >= 11 is 0. The van der Waals surface area contributed by atoms with Crippen LogP contribution < -0.4 is 0 Å². The molecule has 1 unspecified atom stereocenters. The molecular weight excluding hydrogens is 140 g/mol. The molecular formula is C9H14O2. The van der Waals surface area contributed by atoms with E-state index >= 15 is 0 Å². The summed E-state index contributed by atoms with van der Waals surface area (Å²) in [4.78, 5) is 10.5. The molecule has 0 aromatic carbocycles. The van der Waals surface area contributed by atoms with Crippen molar-refractivity contribution in [2.24, 2.45) is 11.8 Å². The molecule has 1 atom stereocenters. The minimum Gasteiger partial charge on any atom is -0.481 e. The fourth-order valence-electron chi connectivity index (χ4n) is 0.983. The summed E-state index contributed by atoms with van der Waals surface area (Å²) in [5.74, 6) is 1.62. The van der Waals surface area contributed by atoms with Crippen LogP contribution in [0.4, 0.5) is 0 Å². The Morgan fingerprint density at radius 3 is 2.45 bits per heavy atom. The fraction of sp³-hybridized carbons (Fsp3) is 0.667. The monoisotopic (exact) mass is 154 g/mol. The van der Waals surface area contributed by atoms with E-state index in [1.54, 1.807) is 0 Å². The van der Waals surface area contributed by atoms with Crippen molar-refractivity contribution >= 4 is 5.97 Å². The quantitative estimate of drug-likeness (QED) is 0.626. The largest absolute Gasteiger partial charge is 0.481 e. The van der Waals surface area contributed by atoms with Crippen molar-refractivity contribution in [1.82, 2.24) is 0 Å². The van der Waals surface area contributed by atoms with E-state index in [4.69, 9.17) is 11.5 Å². The maximum Gasteiger partial charge on any atom is 0.307 e. The van der Waals surface area contributed by atoms with Gasteiger partial charge in [-0.3, -0.25) is 4.79 Å². The molecule has 0 aliphatic heterocycles. The standard InChI is InChI=1S/C9H14O2/c1-4-5-8(9(10)11)6-7(2)3/h1,7-8H,5-6H2,2-3H3,(H,10,11). The van der Waals surface area contributed by atoms with Crippen LogP contribution >= 0.6 is 0 Å². The second-order valence-corrected chi connectivity index (χ2v) is 3.07. The smallest absolute Gasteiger partial charge is 0.307 e. The number of carboxylic acids is 1. The van der Waals surface area contributed by atoms with Crippen LogP contribution in [-0.2, 0) is 4.79 Å². The summed E-state index contributed by atoms with van der Waals surface area (Å²) in [5, 5.41) is 8.66. The third-order valence-corrected chi connectivity index (χ3v) is 1.47. The number of rotatable bonds is 4. The molecule has 1 N–H and O–H groups in total. The van der Waals surface area contributed by atoms with Crippen LogP contribution in [-0.4, -0.2) is 11.1 Å². The van der Waals surface area contributed by atoms with Crippen LogP contribution in [0.2, 0.25) is 0 Å². The number of carboxylic acid groups (broad SMARTS) is 1. The Kier molecular flexibility index (Phi) is 4.36. The van der Waals surface area contributed by atoms with Crippen LogP contribution in [0.25, 0.3) is 0 Å². The van der Waals surface area contributed by atoms with Gasteiger partial charge in [0.1, 0.15) is 0 Å². The SMILES string of the molecule is C#CCC(CC(C)C)C(=O)O. The van der Waals surface area contributed by atoms with Gasteiger partial charge in [-0.2, -0.15) is 0 Å². The molecule has 2 heteroatoms. The van der Waals surface area contributed by atoms with E-state index in [9.17, 15) is 4.79 Å². The highest BCUT2D eigenvalue weighted by molar-refractivity contribution is 5.70. The van der Waals surface area contributed by atoms with Crippen LogP contribution in [0.1, 0.15) is 26.7 Å². The Morgan fingerprint density at radius 2 is 2.18 bits per heavy atom. The van der Waals surface area contributed by atoms with Crippen molar-refractivity contribution in [1.29, 1.82) is 0 Å². The van der Waals surface area contributed by atoms with Gasteiger partial charge in [0, 0.05) is 6.42 Å². The molecule has 62 valence electrons. The van der Waals surface area contributed by atoms with Gasteiger partial charge in [-0.1, -0.05) is 13.8 Å². The third-order valence-electron chi connectivity index (χ3n) is 1.47. The zero-order chi connectivity index (χ0) is 8.85. The summed E-state index contributed by atoms with van der Waals surface area (Å²) in [6.45, 7) is 3.99. The summed E-state index contributed by atoms with van der Waals surface area (Å²) in [5.41, 5.74) is 0. The molecule has 0 aliphatic rings. The highest BCUT2D eigenvalue weighted by Gasteiger charge is 2.16. The predicted molar refractivity (Wildman–Crippen MR) is 44.0 cm³/mol. The van der Waals surface area contributed by atoms with E-state index in [-0.39, 0.29) is 5.92 Å².